The number of halogens is 1. The molecular weight excluding hydrogens is 204 g/mol. The second-order valence-electron chi connectivity index (χ2n) is 3.96. The Morgan fingerprint density at radius 2 is 1.79 bits per heavy atom. The maximum absolute atomic E-state index is 11.2. The van der Waals surface area contributed by atoms with Crippen molar-refractivity contribution >= 4 is 22.8 Å². The molecule has 4 heteroatoms. The minimum absolute atomic E-state index is 0.133. The molecule has 0 aromatic heterocycles. The smallest absolute Gasteiger partial charge is 0.306 e. The summed E-state index contributed by atoms with van der Waals surface area (Å²) in [6, 6.07) is 0. The molecule has 0 amide bonds. The zero-order valence-electron chi connectivity index (χ0n) is 8.72. The Morgan fingerprint density at radius 1 is 1.29 bits per heavy atom. The van der Waals surface area contributed by atoms with E-state index in [4.69, 9.17) is 16.3 Å². The highest BCUT2D eigenvalue weighted by Crippen LogP contribution is 2.12. The van der Waals surface area contributed by atoms with Gasteiger partial charge in [0.25, 0.3) is 0 Å². The van der Waals surface area contributed by atoms with Gasteiger partial charge in [0.2, 0.25) is 5.24 Å². The van der Waals surface area contributed by atoms with Gasteiger partial charge in [0, 0.05) is 12.0 Å². The Bertz CT molecular complexity index is 251. The maximum Gasteiger partial charge on any atom is 0.306 e. The third kappa shape index (κ3) is 6.66. The zero-order valence-corrected chi connectivity index (χ0v) is 9.48. The van der Waals surface area contributed by atoms with Gasteiger partial charge in [0.15, 0.2) is 0 Å². The summed E-state index contributed by atoms with van der Waals surface area (Å²) in [5.41, 5.74) is -0.263. The summed E-state index contributed by atoms with van der Waals surface area (Å²) in [6.45, 7) is 8.79. The van der Waals surface area contributed by atoms with Gasteiger partial charge in [-0.25, -0.2) is 0 Å². The Kier molecular flexibility index (Phi) is 4.85. The molecule has 0 fully saturated rings. The molecule has 0 bridgehead atoms. The summed E-state index contributed by atoms with van der Waals surface area (Å²) in [7, 11) is 0. The van der Waals surface area contributed by atoms with Crippen molar-refractivity contribution < 1.29 is 14.3 Å². The fourth-order valence-electron chi connectivity index (χ4n) is 0.744. The molecule has 0 saturated heterocycles. The lowest BCUT2D eigenvalue weighted by molar-refractivity contribution is -0.154. The fraction of sp³-hybridized carbons (Fsp3) is 0.600. The van der Waals surface area contributed by atoms with E-state index in [1.165, 1.54) is 0 Å². The van der Waals surface area contributed by atoms with E-state index in [1.54, 1.807) is 20.8 Å². The minimum Gasteiger partial charge on any atom is -0.460 e. The van der Waals surface area contributed by atoms with E-state index in [2.05, 4.69) is 6.58 Å². The molecule has 0 aliphatic heterocycles. The summed E-state index contributed by atoms with van der Waals surface area (Å²) in [5.74, 6) is -0.350. The van der Waals surface area contributed by atoms with Crippen LogP contribution < -0.4 is 0 Å². The van der Waals surface area contributed by atoms with E-state index in [0.29, 0.717) is 0 Å². The summed E-state index contributed by atoms with van der Waals surface area (Å²) in [4.78, 5) is 21.7. The molecule has 0 saturated carbocycles. The predicted molar refractivity (Wildman–Crippen MR) is 55.1 cm³/mol. The lowest BCUT2D eigenvalue weighted by Gasteiger charge is -2.19. The topological polar surface area (TPSA) is 43.4 Å². The van der Waals surface area contributed by atoms with Crippen molar-refractivity contribution in [1.82, 2.24) is 0 Å². The van der Waals surface area contributed by atoms with Crippen molar-refractivity contribution in [3.63, 3.8) is 0 Å². The van der Waals surface area contributed by atoms with E-state index >= 15 is 0 Å². The normalized spacial score (nSPS) is 10.9. The number of rotatable bonds is 4. The fourth-order valence-corrected chi connectivity index (χ4v) is 0.838. The summed E-state index contributed by atoms with van der Waals surface area (Å²) in [6.07, 6.45) is 0.381. The van der Waals surface area contributed by atoms with E-state index in [-0.39, 0.29) is 24.4 Å². The number of carbonyl (C=O) groups excluding carboxylic acids is 2. The second-order valence-corrected chi connectivity index (χ2v) is 4.31. The van der Waals surface area contributed by atoms with Gasteiger partial charge in [-0.15, -0.1) is 0 Å². The van der Waals surface area contributed by atoms with Crippen LogP contribution in [0.4, 0.5) is 0 Å². The van der Waals surface area contributed by atoms with Crippen LogP contribution in [0, 0.1) is 0 Å². The van der Waals surface area contributed by atoms with Crippen molar-refractivity contribution in [2.24, 2.45) is 0 Å². The average Bonchev–Trinajstić information content (AvgIpc) is 1.96. The standard InChI is InChI=1S/C10H15ClO3/c1-7(9(11)13)5-6-8(12)14-10(2,3)4/h1,5-6H2,2-4H3. The Morgan fingerprint density at radius 3 is 2.14 bits per heavy atom. The van der Waals surface area contributed by atoms with Crippen LogP contribution >= 0.6 is 11.6 Å². The first-order valence-corrected chi connectivity index (χ1v) is 4.69. The minimum atomic E-state index is -0.603. The lowest BCUT2D eigenvalue weighted by Crippen LogP contribution is -2.23. The Hall–Kier alpha value is -0.830. The molecule has 14 heavy (non-hydrogen) atoms. The van der Waals surface area contributed by atoms with E-state index in [1.807, 2.05) is 0 Å². The molecule has 0 atom stereocenters. The second kappa shape index (κ2) is 5.15. The van der Waals surface area contributed by atoms with E-state index in [9.17, 15) is 9.59 Å². The van der Waals surface area contributed by atoms with Gasteiger partial charge in [-0.1, -0.05) is 6.58 Å². The highest BCUT2D eigenvalue weighted by Gasteiger charge is 2.16. The van der Waals surface area contributed by atoms with Crippen molar-refractivity contribution in [3.8, 4) is 0 Å². The van der Waals surface area contributed by atoms with Crippen LogP contribution in [-0.4, -0.2) is 16.8 Å². The van der Waals surface area contributed by atoms with Crippen LogP contribution in [0.1, 0.15) is 33.6 Å². The number of ether oxygens (including phenoxy) is 1. The lowest BCUT2D eigenvalue weighted by atomic mass is 10.1. The first-order chi connectivity index (χ1) is 6.22. The van der Waals surface area contributed by atoms with Crippen LogP contribution in [0.15, 0.2) is 12.2 Å². The van der Waals surface area contributed by atoms with Crippen LogP contribution in [-0.2, 0) is 14.3 Å². The van der Waals surface area contributed by atoms with Gasteiger partial charge in [-0.3, -0.25) is 9.59 Å². The summed E-state index contributed by atoms with van der Waals surface area (Å²) < 4.78 is 5.03. The van der Waals surface area contributed by atoms with E-state index in [0.717, 1.165) is 0 Å². The molecule has 0 N–H and O–H groups in total. The highest BCUT2D eigenvalue weighted by atomic mass is 35.5. The number of carbonyl (C=O) groups is 2. The number of allylic oxidation sites excluding steroid dienone is 1. The average molecular weight is 219 g/mol. The van der Waals surface area contributed by atoms with Gasteiger partial charge in [-0.05, 0) is 38.8 Å². The molecule has 80 valence electrons. The quantitative estimate of drug-likeness (QED) is 0.414. The number of hydrogen-bond donors (Lipinski definition) is 0. The van der Waals surface area contributed by atoms with Gasteiger partial charge >= 0.3 is 5.97 Å². The van der Waals surface area contributed by atoms with Crippen LogP contribution in [0.2, 0.25) is 0 Å². The molecule has 0 aromatic rings. The van der Waals surface area contributed by atoms with Gasteiger partial charge in [0.1, 0.15) is 5.60 Å². The number of hydrogen-bond acceptors (Lipinski definition) is 3. The monoisotopic (exact) mass is 218 g/mol. The van der Waals surface area contributed by atoms with Crippen molar-refractivity contribution in [2.45, 2.75) is 39.2 Å². The predicted octanol–water partition coefficient (Wildman–Crippen LogP) is 2.43. The van der Waals surface area contributed by atoms with Crippen LogP contribution in [0.3, 0.4) is 0 Å². The summed E-state index contributed by atoms with van der Waals surface area (Å²) in [5, 5.41) is -0.603. The van der Waals surface area contributed by atoms with Crippen LogP contribution in [0.25, 0.3) is 0 Å². The largest absolute Gasteiger partial charge is 0.460 e. The first-order valence-electron chi connectivity index (χ1n) is 4.32. The van der Waals surface area contributed by atoms with Crippen molar-refractivity contribution in [3.05, 3.63) is 12.2 Å². The Labute approximate surface area is 89.1 Å². The highest BCUT2D eigenvalue weighted by molar-refractivity contribution is 6.67. The molecular formula is C10H15ClO3. The van der Waals surface area contributed by atoms with Crippen LogP contribution in [0.5, 0.6) is 0 Å². The zero-order chi connectivity index (χ0) is 11.4. The molecule has 0 radical (unpaired) electrons. The third-order valence-corrected chi connectivity index (χ3v) is 1.60. The Balaban J connectivity index is 3.87. The van der Waals surface area contributed by atoms with Gasteiger partial charge in [0.05, 0.1) is 0 Å². The molecule has 0 aromatic carbocycles. The molecule has 0 spiro atoms. The maximum atomic E-state index is 11.2. The SMILES string of the molecule is C=C(CCC(=O)OC(C)(C)C)C(=O)Cl. The van der Waals surface area contributed by atoms with Gasteiger partial charge in [-0.2, -0.15) is 0 Å². The van der Waals surface area contributed by atoms with Gasteiger partial charge < -0.3 is 4.74 Å². The third-order valence-electron chi connectivity index (χ3n) is 1.33. The molecule has 0 heterocycles. The van der Waals surface area contributed by atoms with E-state index < -0.39 is 10.8 Å². The van der Waals surface area contributed by atoms with Crippen molar-refractivity contribution in [1.29, 1.82) is 0 Å². The molecule has 0 aliphatic rings. The molecule has 0 unspecified atom stereocenters. The molecule has 3 nitrogen and oxygen atoms in total. The summed E-state index contributed by atoms with van der Waals surface area (Å²) >= 11 is 5.15. The number of esters is 1. The first kappa shape index (κ1) is 13.2. The van der Waals surface area contributed by atoms with Crippen molar-refractivity contribution in [2.75, 3.05) is 0 Å². The molecule has 0 aliphatic carbocycles. The molecule has 0 rings (SSSR count).